The number of carbonyl (C=O) groups is 1. The van der Waals surface area contributed by atoms with Crippen molar-refractivity contribution in [2.75, 3.05) is 6.61 Å². The van der Waals surface area contributed by atoms with Gasteiger partial charge in [0, 0.05) is 12.0 Å². The molecule has 0 atom stereocenters. The van der Waals surface area contributed by atoms with Crippen LogP contribution in [0.4, 0.5) is 13.2 Å². The molecule has 0 amide bonds. The fourth-order valence-corrected chi connectivity index (χ4v) is 1.77. The quantitative estimate of drug-likeness (QED) is 0.766. The minimum Gasteiger partial charge on any atom is -0.493 e. The van der Waals surface area contributed by atoms with Crippen LogP contribution in [0.1, 0.15) is 22.3 Å². The van der Waals surface area contributed by atoms with Crippen molar-refractivity contribution in [1.29, 1.82) is 0 Å². The minimum absolute atomic E-state index is 0.0671. The number of alkyl halides is 3. The summed E-state index contributed by atoms with van der Waals surface area (Å²) >= 11 is 0. The maximum absolute atomic E-state index is 12.4. The van der Waals surface area contributed by atoms with Crippen LogP contribution in [0.3, 0.4) is 0 Å². The van der Waals surface area contributed by atoms with Gasteiger partial charge in [0.2, 0.25) is 0 Å². The van der Waals surface area contributed by atoms with E-state index < -0.39 is 11.7 Å². The zero-order valence-electron chi connectivity index (χ0n) is 11.1. The Morgan fingerprint density at radius 1 is 0.952 bits per heavy atom. The molecule has 0 heterocycles. The van der Waals surface area contributed by atoms with E-state index in [0.29, 0.717) is 11.3 Å². The molecule has 5 heteroatoms. The van der Waals surface area contributed by atoms with Crippen molar-refractivity contribution in [3.63, 3.8) is 0 Å². The summed E-state index contributed by atoms with van der Waals surface area (Å²) in [5.41, 5.74) is -0.135. The van der Waals surface area contributed by atoms with E-state index in [2.05, 4.69) is 0 Å². The summed E-state index contributed by atoms with van der Waals surface area (Å²) in [6.07, 6.45) is -4.19. The van der Waals surface area contributed by atoms with Crippen LogP contribution >= 0.6 is 0 Å². The van der Waals surface area contributed by atoms with Gasteiger partial charge in [-0.3, -0.25) is 4.79 Å². The van der Waals surface area contributed by atoms with E-state index in [1.165, 1.54) is 12.1 Å². The van der Waals surface area contributed by atoms with Gasteiger partial charge in [0.1, 0.15) is 5.75 Å². The zero-order chi connectivity index (χ0) is 15.3. The van der Waals surface area contributed by atoms with Gasteiger partial charge in [-0.1, -0.05) is 30.3 Å². The van der Waals surface area contributed by atoms with Crippen LogP contribution in [0.5, 0.6) is 5.75 Å². The molecular weight excluding hydrogens is 281 g/mol. The normalized spacial score (nSPS) is 11.2. The van der Waals surface area contributed by atoms with Gasteiger partial charge < -0.3 is 4.74 Å². The molecule has 0 N–H and O–H groups in total. The van der Waals surface area contributed by atoms with E-state index in [0.717, 1.165) is 12.1 Å². The highest BCUT2D eigenvalue weighted by Gasteiger charge is 2.29. The predicted octanol–water partition coefficient (Wildman–Crippen LogP) is 4.36. The molecule has 2 aromatic rings. The molecule has 2 aromatic carbocycles. The van der Waals surface area contributed by atoms with Crippen molar-refractivity contribution < 1.29 is 22.7 Å². The van der Waals surface area contributed by atoms with E-state index in [-0.39, 0.29) is 18.8 Å². The molecule has 0 bridgehead atoms. The molecule has 0 saturated carbocycles. The van der Waals surface area contributed by atoms with Crippen LogP contribution < -0.4 is 4.74 Å². The molecule has 21 heavy (non-hydrogen) atoms. The molecule has 2 nitrogen and oxygen atoms in total. The predicted molar refractivity (Wildman–Crippen MR) is 72.3 cm³/mol. The van der Waals surface area contributed by atoms with Crippen LogP contribution in [0.25, 0.3) is 0 Å². The van der Waals surface area contributed by atoms with Crippen molar-refractivity contribution in [3.05, 3.63) is 65.7 Å². The molecular formula is C16H13F3O2. The molecule has 110 valence electrons. The van der Waals surface area contributed by atoms with Gasteiger partial charge in [-0.25, -0.2) is 0 Å². The lowest BCUT2D eigenvalue weighted by molar-refractivity contribution is -0.137. The summed E-state index contributed by atoms with van der Waals surface area (Å²) in [5, 5.41) is 0. The topological polar surface area (TPSA) is 26.3 Å². The van der Waals surface area contributed by atoms with Crippen LogP contribution in [-0.4, -0.2) is 12.4 Å². The summed E-state index contributed by atoms with van der Waals surface area (Å²) in [7, 11) is 0. The minimum atomic E-state index is -4.36. The molecule has 0 radical (unpaired) electrons. The fraction of sp³-hybridized carbons (Fsp3) is 0.188. The SMILES string of the molecule is O=C(CCOc1ccc(C(F)(F)F)cc1)c1ccccc1. The summed E-state index contributed by atoms with van der Waals surface area (Å²) < 4.78 is 42.4. The van der Waals surface area contributed by atoms with Crippen molar-refractivity contribution in [2.24, 2.45) is 0 Å². The van der Waals surface area contributed by atoms with Gasteiger partial charge in [-0.05, 0) is 24.3 Å². The Hall–Kier alpha value is -2.30. The van der Waals surface area contributed by atoms with E-state index >= 15 is 0 Å². The average molecular weight is 294 g/mol. The Morgan fingerprint density at radius 3 is 2.14 bits per heavy atom. The Kier molecular flexibility index (Phi) is 4.62. The van der Waals surface area contributed by atoms with Gasteiger partial charge >= 0.3 is 6.18 Å². The lowest BCUT2D eigenvalue weighted by Gasteiger charge is -2.09. The molecule has 0 aliphatic rings. The Bertz CT molecular complexity index is 589. The number of hydrogen-bond acceptors (Lipinski definition) is 2. The molecule has 0 aromatic heterocycles. The zero-order valence-corrected chi connectivity index (χ0v) is 11.1. The lowest BCUT2D eigenvalue weighted by Crippen LogP contribution is -2.07. The Morgan fingerprint density at radius 2 is 1.57 bits per heavy atom. The first-order chi connectivity index (χ1) is 9.97. The highest BCUT2D eigenvalue weighted by atomic mass is 19.4. The second-order valence-electron chi connectivity index (χ2n) is 4.41. The number of rotatable bonds is 5. The third kappa shape index (κ3) is 4.34. The first-order valence-electron chi connectivity index (χ1n) is 6.35. The molecule has 0 unspecified atom stereocenters. The molecule has 0 fully saturated rings. The van der Waals surface area contributed by atoms with E-state index in [4.69, 9.17) is 4.74 Å². The second-order valence-corrected chi connectivity index (χ2v) is 4.41. The van der Waals surface area contributed by atoms with Crippen molar-refractivity contribution in [1.82, 2.24) is 0 Å². The van der Waals surface area contributed by atoms with Crippen LogP contribution in [0, 0.1) is 0 Å². The summed E-state index contributed by atoms with van der Waals surface area (Å²) in [6.45, 7) is 0.124. The number of Topliss-reactive ketones (excluding diaryl/α,β-unsaturated/α-hetero) is 1. The maximum atomic E-state index is 12.4. The number of hydrogen-bond donors (Lipinski definition) is 0. The fourth-order valence-electron chi connectivity index (χ4n) is 1.77. The van der Waals surface area contributed by atoms with Crippen LogP contribution in [0.15, 0.2) is 54.6 Å². The first-order valence-corrected chi connectivity index (χ1v) is 6.35. The van der Waals surface area contributed by atoms with Gasteiger partial charge in [0.15, 0.2) is 5.78 Å². The van der Waals surface area contributed by atoms with Crippen LogP contribution in [-0.2, 0) is 6.18 Å². The first kappa shape index (κ1) is 15.1. The smallest absolute Gasteiger partial charge is 0.416 e. The summed E-state index contributed by atoms with van der Waals surface area (Å²) in [6, 6.07) is 13.2. The number of carbonyl (C=O) groups excluding carboxylic acids is 1. The highest BCUT2D eigenvalue weighted by Crippen LogP contribution is 2.30. The number of halogens is 3. The largest absolute Gasteiger partial charge is 0.493 e. The van der Waals surface area contributed by atoms with Gasteiger partial charge in [0.05, 0.1) is 12.2 Å². The van der Waals surface area contributed by atoms with Gasteiger partial charge in [-0.2, -0.15) is 13.2 Å². The maximum Gasteiger partial charge on any atom is 0.416 e. The summed E-state index contributed by atoms with van der Waals surface area (Å²) in [5.74, 6) is 0.242. The standard InChI is InChI=1S/C16H13F3O2/c17-16(18,19)13-6-8-14(9-7-13)21-11-10-15(20)12-4-2-1-3-5-12/h1-9H,10-11H2. The molecule has 0 aliphatic carbocycles. The van der Waals surface area contributed by atoms with Crippen molar-refractivity contribution >= 4 is 5.78 Å². The number of ether oxygens (including phenoxy) is 1. The molecule has 0 aliphatic heterocycles. The van der Waals surface area contributed by atoms with Crippen molar-refractivity contribution in [3.8, 4) is 5.75 Å². The Balaban J connectivity index is 1.85. The average Bonchev–Trinajstić information content (AvgIpc) is 2.47. The molecule has 0 spiro atoms. The monoisotopic (exact) mass is 294 g/mol. The lowest BCUT2D eigenvalue weighted by atomic mass is 10.1. The Labute approximate surface area is 120 Å². The summed E-state index contributed by atoms with van der Waals surface area (Å²) in [4.78, 5) is 11.8. The van der Waals surface area contributed by atoms with Crippen LogP contribution in [0.2, 0.25) is 0 Å². The second kappa shape index (κ2) is 6.43. The number of benzene rings is 2. The van der Waals surface area contributed by atoms with E-state index in [9.17, 15) is 18.0 Å². The van der Waals surface area contributed by atoms with Gasteiger partial charge in [0.25, 0.3) is 0 Å². The van der Waals surface area contributed by atoms with E-state index in [1.54, 1.807) is 24.3 Å². The molecule has 2 rings (SSSR count). The van der Waals surface area contributed by atoms with Gasteiger partial charge in [-0.15, -0.1) is 0 Å². The third-order valence-electron chi connectivity index (χ3n) is 2.88. The van der Waals surface area contributed by atoms with E-state index in [1.807, 2.05) is 6.07 Å². The van der Waals surface area contributed by atoms with Crippen molar-refractivity contribution in [2.45, 2.75) is 12.6 Å². The highest BCUT2D eigenvalue weighted by molar-refractivity contribution is 5.96. The third-order valence-corrected chi connectivity index (χ3v) is 2.88. The molecule has 0 saturated heterocycles. The number of ketones is 1.